The second kappa shape index (κ2) is 12.8. The lowest BCUT2D eigenvalue weighted by atomic mass is 9.71. The molecule has 0 radical (unpaired) electrons. The van der Waals surface area contributed by atoms with Crippen LogP contribution in [0.1, 0.15) is 51.0 Å². The number of nitrogens with one attached hydrogen (secondary N) is 2. The van der Waals surface area contributed by atoms with E-state index in [-0.39, 0.29) is 37.7 Å². The highest BCUT2D eigenvalue weighted by Crippen LogP contribution is 2.36. The van der Waals surface area contributed by atoms with Crippen LogP contribution in [0.3, 0.4) is 0 Å². The lowest BCUT2D eigenvalue weighted by Gasteiger charge is -2.42. The van der Waals surface area contributed by atoms with Crippen LogP contribution >= 0.6 is 0 Å². The van der Waals surface area contributed by atoms with E-state index in [1.54, 1.807) is 35.2 Å². The number of amides is 3. The first-order chi connectivity index (χ1) is 16.6. The van der Waals surface area contributed by atoms with Crippen LogP contribution in [-0.2, 0) is 29.4 Å². The molecule has 0 unspecified atom stereocenters. The Morgan fingerprint density at radius 3 is 2.14 bits per heavy atom. The van der Waals surface area contributed by atoms with E-state index in [0.717, 1.165) is 6.42 Å². The van der Waals surface area contributed by atoms with Gasteiger partial charge in [0.15, 0.2) is 0 Å². The van der Waals surface area contributed by atoms with E-state index in [0.29, 0.717) is 24.9 Å². The van der Waals surface area contributed by atoms with Crippen LogP contribution < -0.4 is 16.4 Å². The Bertz CT molecular complexity index is 914. The monoisotopic (exact) mass is 490 g/mol. The predicted octanol–water partition coefficient (Wildman–Crippen LogP) is 0.225. The first kappa shape index (κ1) is 27.8. The van der Waals surface area contributed by atoms with Gasteiger partial charge in [0, 0.05) is 20.0 Å². The average Bonchev–Trinajstić information content (AvgIpc) is 2.82. The molecular weight excluding hydrogens is 456 g/mol. The second-order valence-electron chi connectivity index (χ2n) is 8.77. The summed E-state index contributed by atoms with van der Waals surface area (Å²) < 4.78 is 0. The van der Waals surface area contributed by atoms with Gasteiger partial charge < -0.3 is 31.5 Å². The standard InChI is InChI=1S/C24H34N4O7/c1-16(29)26-18(9-5-6-12-25)21(32)28-13-10-24(11-14-28,17-7-3-2-4-8-17)23(35)27-19(22(33)34)15-20(30)31/h2-4,7-8,18-19H,5-6,9-15,25H2,1H3,(H,26,29)(H,27,35)(H,30,31)(H,33,34)/t18-,19+/m0/s1. The Kier molecular flexibility index (Phi) is 10.2. The number of piperidine rings is 1. The fraction of sp³-hybridized carbons (Fsp3) is 0.542. The zero-order valence-corrected chi connectivity index (χ0v) is 19.9. The van der Waals surface area contributed by atoms with E-state index >= 15 is 0 Å². The molecule has 0 aromatic heterocycles. The van der Waals surface area contributed by atoms with Crippen LogP contribution in [0.25, 0.3) is 0 Å². The Hall–Kier alpha value is -3.47. The minimum atomic E-state index is -1.58. The van der Waals surface area contributed by atoms with Crippen molar-refractivity contribution in [1.82, 2.24) is 15.5 Å². The Labute approximate surface area is 204 Å². The van der Waals surface area contributed by atoms with Gasteiger partial charge in [-0.25, -0.2) is 4.79 Å². The van der Waals surface area contributed by atoms with Gasteiger partial charge in [-0.3, -0.25) is 19.2 Å². The number of hydrogen-bond donors (Lipinski definition) is 5. The number of carboxylic acid groups (broad SMARTS) is 2. The molecule has 11 nitrogen and oxygen atoms in total. The summed E-state index contributed by atoms with van der Waals surface area (Å²) in [5, 5.41) is 23.5. The summed E-state index contributed by atoms with van der Waals surface area (Å²) in [6.45, 7) is 2.26. The number of carbonyl (C=O) groups excluding carboxylic acids is 3. The fourth-order valence-corrected chi connectivity index (χ4v) is 4.40. The molecular formula is C24H34N4O7. The molecule has 0 spiro atoms. The zero-order valence-electron chi connectivity index (χ0n) is 19.9. The van der Waals surface area contributed by atoms with Crippen LogP contribution in [-0.4, -0.2) is 76.5 Å². The Morgan fingerprint density at radius 2 is 1.63 bits per heavy atom. The minimum Gasteiger partial charge on any atom is -0.481 e. The van der Waals surface area contributed by atoms with Gasteiger partial charge in [-0.05, 0) is 44.2 Å². The number of hydrogen-bond acceptors (Lipinski definition) is 6. The number of aliphatic carboxylic acids is 2. The molecule has 0 bridgehead atoms. The number of unbranched alkanes of at least 4 members (excludes halogenated alkanes) is 1. The minimum absolute atomic E-state index is 0.212. The smallest absolute Gasteiger partial charge is 0.326 e. The van der Waals surface area contributed by atoms with Crippen molar-refractivity contribution in [3.05, 3.63) is 35.9 Å². The van der Waals surface area contributed by atoms with Crippen molar-refractivity contribution in [3.63, 3.8) is 0 Å². The van der Waals surface area contributed by atoms with E-state index < -0.39 is 41.8 Å². The van der Waals surface area contributed by atoms with Crippen LogP contribution in [0, 0.1) is 0 Å². The third-order valence-corrected chi connectivity index (χ3v) is 6.29. The van der Waals surface area contributed by atoms with Gasteiger partial charge in [0.1, 0.15) is 12.1 Å². The Balaban J connectivity index is 2.23. The third kappa shape index (κ3) is 7.51. The maximum atomic E-state index is 13.4. The number of benzene rings is 1. The molecule has 192 valence electrons. The van der Waals surface area contributed by atoms with E-state index in [2.05, 4.69) is 10.6 Å². The van der Waals surface area contributed by atoms with E-state index in [1.165, 1.54) is 6.92 Å². The first-order valence-electron chi connectivity index (χ1n) is 11.7. The quantitative estimate of drug-likeness (QED) is 0.258. The molecule has 1 aromatic rings. The summed E-state index contributed by atoms with van der Waals surface area (Å²) in [5.41, 5.74) is 5.06. The molecule has 11 heteroatoms. The van der Waals surface area contributed by atoms with E-state index in [1.807, 2.05) is 0 Å². The van der Waals surface area contributed by atoms with Crippen molar-refractivity contribution < 1.29 is 34.2 Å². The van der Waals surface area contributed by atoms with Crippen molar-refractivity contribution in [2.75, 3.05) is 19.6 Å². The molecule has 1 aliphatic heterocycles. The number of nitrogens with zero attached hydrogens (tertiary/aromatic N) is 1. The summed E-state index contributed by atoms with van der Waals surface area (Å²) in [7, 11) is 0. The highest BCUT2D eigenvalue weighted by atomic mass is 16.4. The molecule has 3 amide bonds. The Morgan fingerprint density at radius 1 is 1.00 bits per heavy atom. The number of rotatable bonds is 12. The summed E-state index contributed by atoms with van der Waals surface area (Å²) in [5.74, 6) is -3.93. The maximum absolute atomic E-state index is 13.4. The highest BCUT2D eigenvalue weighted by molar-refractivity contribution is 5.93. The molecule has 1 heterocycles. The van der Waals surface area contributed by atoms with Crippen LogP contribution in [0.5, 0.6) is 0 Å². The van der Waals surface area contributed by atoms with Crippen molar-refractivity contribution >= 4 is 29.7 Å². The van der Waals surface area contributed by atoms with Gasteiger partial charge in [-0.15, -0.1) is 0 Å². The molecule has 6 N–H and O–H groups in total. The zero-order chi connectivity index (χ0) is 26.0. The molecule has 35 heavy (non-hydrogen) atoms. The lowest BCUT2D eigenvalue weighted by molar-refractivity contribution is -0.148. The summed E-state index contributed by atoms with van der Waals surface area (Å²) >= 11 is 0. The van der Waals surface area contributed by atoms with Crippen molar-refractivity contribution in [1.29, 1.82) is 0 Å². The normalized spacial score (nSPS) is 16.6. The third-order valence-electron chi connectivity index (χ3n) is 6.29. The van der Waals surface area contributed by atoms with Gasteiger partial charge >= 0.3 is 11.9 Å². The number of nitrogens with two attached hydrogens (primary N) is 1. The molecule has 1 aliphatic rings. The van der Waals surface area contributed by atoms with Gasteiger partial charge in [-0.1, -0.05) is 30.3 Å². The molecule has 1 aromatic carbocycles. The highest BCUT2D eigenvalue weighted by Gasteiger charge is 2.45. The van der Waals surface area contributed by atoms with Gasteiger partial charge in [-0.2, -0.15) is 0 Å². The molecule has 0 saturated carbocycles. The summed E-state index contributed by atoms with van der Waals surface area (Å²) in [4.78, 5) is 62.4. The van der Waals surface area contributed by atoms with Crippen molar-refractivity contribution in [2.24, 2.45) is 5.73 Å². The SMILES string of the molecule is CC(=O)N[C@@H](CCCCN)C(=O)N1CCC(C(=O)N[C@H](CC(=O)O)C(=O)O)(c2ccccc2)CC1. The largest absolute Gasteiger partial charge is 0.481 e. The average molecular weight is 491 g/mol. The maximum Gasteiger partial charge on any atom is 0.326 e. The van der Waals surface area contributed by atoms with Crippen molar-refractivity contribution in [3.8, 4) is 0 Å². The van der Waals surface area contributed by atoms with Crippen LogP contribution in [0.4, 0.5) is 0 Å². The number of carbonyl (C=O) groups is 5. The molecule has 0 aliphatic carbocycles. The first-order valence-corrected chi connectivity index (χ1v) is 11.7. The van der Waals surface area contributed by atoms with E-state index in [9.17, 15) is 29.1 Å². The van der Waals surface area contributed by atoms with Crippen LogP contribution in [0.2, 0.25) is 0 Å². The van der Waals surface area contributed by atoms with E-state index in [4.69, 9.17) is 10.8 Å². The van der Waals surface area contributed by atoms with Gasteiger partial charge in [0.2, 0.25) is 17.7 Å². The van der Waals surface area contributed by atoms with Crippen molar-refractivity contribution in [2.45, 2.75) is 62.9 Å². The molecule has 1 fully saturated rings. The second-order valence-corrected chi connectivity index (χ2v) is 8.77. The molecule has 2 atom stereocenters. The fourth-order valence-electron chi connectivity index (χ4n) is 4.40. The predicted molar refractivity (Wildman–Crippen MR) is 126 cm³/mol. The topological polar surface area (TPSA) is 179 Å². The van der Waals surface area contributed by atoms with Crippen LogP contribution in [0.15, 0.2) is 30.3 Å². The van der Waals surface area contributed by atoms with Gasteiger partial charge in [0.25, 0.3) is 0 Å². The summed E-state index contributed by atoms with van der Waals surface area (Å²) in [6.07, 6.45) is 1.52. The lowest BCUT2D eigenvalue weighted by Crippen LogP contribution is -2.58. The molecule has 2 rings (SSSR count). The molecule has 1 saturated heterocycles. The summed E-state index contributed by atoms with van der Waals surface area (Å²) in [6, 6.07) is 6.57. The van der Waals surface area contributed by atoms with Gasteiger partial charge in [0.05, 0.1) is 11.8 Å². The number of likely N-dealkylation sites (tertiary alicyclic amines) is 1. The number of carboxylic acids is 2.